The molecule has 0 radical (unpaired) electrons. The van der Waals surface area contributed by atoms with Crippen molar-refractivity contribution in [3.8, 4) is 5.75 Å². The Bertz CT molecular complexity index is 833. The number of rotatable bonds is 11. The molecule has 204 valence electrons. The lowest BCUT2D eigenvalue weighted by atomic mass is 9.98. The van der Waals surface area contributed by atoms with Gasteiger partial charge >= 0.3 is 5.97 Å². The zero-order chi connectivity index (χ0) is 26.5. The van der Waals surface area contributed by atoms with Crippen LogP contribution in [-0.4, -0.2) is 112 Å². The molecule has 0 amide bonds. The number of aliphatic hydroxyl groups excluding tert-OH is 5. The van der Waals surface area contributed by atoms with Gasteiger partial charge in [-0.3, -0.25) is 4.79 Å². The molecule has 2 aliphatic rings. The Morgan fingerprint density at radius 3 is 2.42 bits per heavy atom. The second-order valence-corrected chi connectivity index (χ2v) is 9.53. The van der Waals surface area contributed by atoms with Crippen LogP contribution in [0.3, 0.4) is 0 Å². The Hall–Kier alpha value is -1.87. The maximum Gasteiger partial charge on any atom is 0.306 e. The molecule has 0 unspecified atom stereocenters. The molecule has 0 aliphatic carbocycles. The molecule has 0 aromatic heterocycles. The first-order chi connectivity index (χ1) is 17.1. The molecule has 3 rings (SSSR count). The van der Waals surface area contributed by atoms with E-state index in [1.54, 1.807) is 24.3 Å². The highest BCUT2D eigenvalue weighted by molar-refractivity contribution is 5.69. The molecule has 2 saturated heterocycles. The van der Waals surface area contributed by atoms with Gasteiger partial charge in [-0.2, -0.15) is 0 Å². The van der Waals surface area contributed by atoms with Crippen LogP contribution < -0.4 is 4.74 Å². The smallest absolute Gasteiger partial charge is 0.306 e. The molecule has 2 fully saturated rings. The fourth-order valence-electron chi connectivity index (χ4n) is 3.94. The van der Waals surface area contributed by atoms with Crippen molar-refractivity contribution in [3.63, 3.8) is 0 Å². The monoisotopic (exact) mass is 516 g/mol. The second-order valence-electron chi connectivity index (χ2n) is 9.53. The first kappa shape index (κ1) is 28.7. The predicted molar refractivity (Wildman–Crippen MR) is 122 cm³/mol. The quantitative estimate of drug-likeness (QED) is 0.187. The fraction of sp³-hybridized carbons (Fsp3) is 0.708. The summed E-state index contributed by atoms with van der Waals surface area (Å²) < 4.78 is 27.6. The summed E-state index contributed by atoms with van der Waals surface area (Å²) in [5.41, 5.74) is -1.09. The Morgan fingerprint density at radius 1 is 1.11 bits per heavy atom. The summed E-state index contributed by atoms with van der Waals surface area (Å²) in [4.78, 5) is 11.9. The molecule has 0 bridgehead atoms. The maximum atomic E-state index is 11.9. The van der Waals surface area contributed by atoms with Crippen LogP contribution in [0.5, 0.6) is 5.75 Å². The van der Waals surface area contributed by atoms with E-state index >= 15 is 0 Å². The van der Waals surface area contributed by atoms with E-state index in [1.165, 1.54) is 0 Å². The zero-order valence-corrected chi connectivity index (χ0v) is 20.3. The van der Waals surface area contributed by atoms with Gasteiger partial charge < -0.3 is 54.3 Å². The lowest BCUT2D eigenvalue weighted by Gasteiger charge is -2.42. The molecule has 12 nitrogen and oxygen atoms in total. The van der Waals surface area contributed by atoms with E-state index in [1.807, 2.05) is 13.8 Å². The fourth-order valence-corrected chi connectivity index (χ4v) is 3.94. The van der Waals surface area contributed by atoms with E-state index in [0.717, 1.165) is 5.56 Å². The van der Waals surface area contributed by atoms with Gasteiger partial charge in [0, 0.05) is 13.0 Å². The van der Waals surface area contributed by atoms with Gasteiger partial charge in [-0.25, -0.2) is 0 Å². The molecule has 0 saturated carbocycles. The molecule has 1 aromatic rings. The van der Waals surface area contributed by atoms with Crippen molar-refractivity contribution in [2.75, 3.05) is 26.4 Å². The maximum absolute atomic E-state index is 11.9. The van der Waals surface area contributed by atoms with Crippen molar-refractivity contribution in [3.05, 3.63) is 29.8 Å². The average molecular weight is 517 g/mol. The number of hydrogen-bond donors (Lipinski definition) is 6. The van der Waals surface area contributed by atoms with Crippen molar-refractivity contribution >= 4 is 5.97 Å². The number of carbonyl (C=O) groups is 1. The van der Waals surface area contributed by atoms with Gasteiger partial charge in [0.05, 0.1) is 13.2 Å². The molecule has 2 heterocycles. The minimum Gasteiger partial charge on any atom is -0.462 e. The molecule has 2 aliphatic heterocycles. The average Bonchev–Trinajstić information content (AvgIpc) is 3.12. The summed E-state index contributed by atoms with van der Waals surface area (Å²) in [6.45, 7) is 2.10. The number of ether oxygens (including phenoxy) is 5. The molecule has 6 N–H and O–H groups in total. The highest BCUT2D eigenvalue weighted by Gasteiger charge is 2.54. The van der Waals surface area contributed by atoms with Gasteiger partial charge in [0.15, 0.2) is 18.0 Å². The van der Waals surface area contributed by atoms with Gasteiger partial charge in [-0.05, 0) is 30.0 Å². The topological polar surface area (TPSA) is 185 Å². The summed E-state index contributed by atoms with van der Waals surface area (Å²) >= 11 is 0. The third-order valence-electron chi connectivity index (χ3n) is 6.06. The van der Waals surface area contributed by atoms with E-state index in [2.05, 4.69) is 0 Å². The van der Waals surface area contributed by atoms with E-state index in [9.17, 15) is 30.3 Å². The normalized spacial score (nSPS) is 34.6. The largest absolute Gasteiger partial charge is 0.462 e. The summed E-state index contributed by atoms with van der Waals surface area (Å²) in [5, 5.41) is 61.1. The Kier molecular flexibility index (Phi) is 10.0. The zero-order valence-electron chi connectivity index (χ0n) is 20.3. The molecular weight excluding hydrogens is 480 g/mol. The van der Waals surface area contributed by atoms with Gasteiger partial charge in [0.25, 0.3) is 0 Å². The minimum absolute atomic E-state index is 0.0168. The van der Waals surface area contributed by atoms with Gasteiger partial charge in [0.1, 0.15) is 36.8 Å². The molecular formula is C24H36O12. The third-order valence-corrected chi connectivity index (χ3v) is 6.06. The van der Waals surface area contributed by atoms with Crippen LogP contribution in [0.2, 0.25) is 0 Å². The predicted octanol–water partition coefficient (Wildman–Crippen LogP) is -1.54. The molecule has 8 atom stereocenters. The lowest BCUT2D eigenvalue weighted by Crippen LogP contribution is -2.62. The molecule has 0 spiro atoms. The minimum atomic E-state index is -1.96. The van der Waals surface area contributed by atoms with Crippen molar-refractivity contribution in [2.45, 2.75) is 75.4 Å². The SMILES string of the molecule is CC(C)CC(=O)OC[C@@]1(O)CO[C@@H](O[C@H]2[C@H](Oc3ccc(CCO)cc3)O[C@H](CO)[C@@H](O)[C@@H]2O)[C@@H]1O. The second kappa shape index (κ2) is 12.6. The van der Waals surface area contributed by atoms with Crippen LogP contribution in [0.1, 0.15) is 25.8 Å². The Balaban J connectivity index is 1.70. The van der Waals surface area contributed by atoms with Gasteiger partial charge in [-0.1, -0.05) is 26.0 Å². The van der Waals surface area contributed by atoms with E-state index in [4.69, 9.17) is 28.8 Å². The van der Waals surface area contributed by atoms with Crippen molar-refractivity contribution < 1.29 is 59.1 Å². The number of carbonyl (C=O) groups excluding carboxylic acids is 1. The summed E-state index contributed by atoms with van der Waals surface area (Å²) in [5.74, 6) is -0.169. The molecule has 36 heavy (non-hydrogen) atoms. The van der Waals surface area contributed by atoms with Crippen LogP contribution in [0.4, 0.5) is 0 Å². The summed E-state index contributed by atoms with van der Waals surface area (Å²) in [6, 6.07) is 6.68. The Morgan fingerprint density at radius 2 is 1.81 bits per heavy atom. The number of esters is 1. The number of benzene rings is 1. The van der Waals surface area contributed by atoms with E-state index < -0.39 is 74.5 Å². The summed E-state index contributed by atoms with van der Waals surface area (Å²) in [7, 11) is 0. The number of aliphatic hydroxyl groups is 6. The third kappa shape index (κ3) is 6.91. The van der Waals surface area contributed by atoms with Crippen LogP contribution >= 0.6 is 0 Å². The van der Waals surface area contributed by atoms with E-state index in [-0.39, 0.29) is 18.9 Å². The first-order valence-corrected chi connectivity index (χ1v) is 11.9. The molecule has 1 aromatic carbocycles. The first-order valence-electron chi connectivity index (χ1n) is 11.9. The van der Waals surface area contributed by atoms with Gasteiger partial charge in [-0.15, -0.1) is 0 Å². The van der Waals surface area contributed by atoms with Crippen LogP contribution in [0.15, 0.2) is 24.3 Å². The van der Waals surface area contributed by atoms with Gasteiger partial charge in [0.2, 0.25) is 6.29 Å². The van der Waals surface area contributed by atoms with Crippen LogP contribution in [-0.2, 0) is 30.2 Å². The number of hydrogen-bond acceptors (Lipinski definition) is 12. The van der Waals surface area contributed by atoms with Crippen LogP contribution in [0.25, 0.3) is 0 Å². The lowest BCUT2D eigenvalue weighted by molar-refractivity contribution is -0.318. The van der Waals surface area contributed by atoms with Crippen molar-refractivity contribution in [1.29, 1.82) is 0 Å². The Labute approximate surface area is 208 Å². The van der Waals surface area contributed by atoms with Crippen LogP contribution in [0, 0.1) is 5.92 Å². The van der Waals surface area contributed by atoms with Crippen molar-refractivity contribution in [1.82, 2.24) is 0 Å². The highest BCUT2D eigenvalue weighted by atomic mass is 16.8. The standard InChI is InChI=1S/C24H36O12/c1-13(2)9-17(27)32-11-24(31)12-33-23(21(24)30)36-20-19(29)18(28)16(10-26)35-22(20)34-15-5-3-14(4-6-15)7-8-25/h3-6,13,16,18-23,25-26,28-31H,7-12H2,1-2H3/t16-,18-,19+,20-,21+,22-,23+,24-/m1/s1. The van der Waals surface area contributed by atoms with Crippen molar-refractivity contribution in [2.24, 2.45) is 5.92 Å². The van der Waals surface area contributed by atoms with E-state index in [0.29, 0.717) is 12.2 Å². The summed E-state index contributed by atoms with van der Waals surface area (Å²) in [6.07, 6.45) is -9.60. The molecule has 12 heteroatoms. The highest BCUT2D eigenvalue weighted by Crippen LogP contribution is 2.32.